The van der Waals surface area contributed by atoms with Crippen LogP contribution in [-0.2, 0) is 6.42 Å². The molecule has 1 nitrogen and oxygen atoms in total. The summed E-state index contributed by atoms with van der Waals surface area (Å²) in [6.45, 7) is 4.96. The summed E-state index contributed by atoms with van der Waals surface area (Å²) in [7, 11) is 0. The molecular weight excluding hydrogens is 230 g/mol. The summed E-state index contributed by atoms with van der Waals surface area (Å²) in [5.74, 6) is 1.01. The molecule has 1 saturated heterocycles. The van der Waals surface area contributed by atoms with Crippen molar-refractivity contribution in [1.82, 2.24) is 4.90 Å². The van der Waals surface area contributed by atoms with Crippen molar-refractivity contribution in [1.29, 1.82) is 0 Å². The van der Waals surface area contributed by atoms with Crippen LogP contribution in [0, 0.1) is 5.92 Å². The lowest BCUT2D eigenvalue weighted by molar-refractivity contribution is 0.128. The summed E-state index contributed by atoms with van der Waals surface area (Å²) in [6.07, 6.45) is 9.74. The zero-order valence-electron chi connectivity index (χ0n) is 12.3. The van der Waals surface area contributed by atoms with Crippen LogP contribution in [0.2, 0.25) is 0 Å². The maximum Gasteiger partial charge on any atom is 0.0354 e. The average Bonchev–Trinajstić information content (AvgIpc) is 2.90. The lowest BCUT2D eigenvalue weighted by Crippen LogP contribution is -2.36. The highest BCUT2D eigenvalue weighted by Crippen LogP contribution is 2.38. The monoisotopic (exact) mass is 257 g/mol. The fraction of sp³-hybridized carbons (Fsp3) is 0.667. The third kappa shape index (κ3) is 2.86. The van der Waals surface area contributed by atoms with E-state index < -0.39 is 0 Å². The molecule has 1 atom stereocenters. The lowest BCUT2D eigenvalue weighted by Gasteiger charge is -2.36. The Kier molecular flexibility index (Phi) is 4.22. The quantitative estimate of drug-likeness (QED) is 0.763. The third-order valence-electron chi connectivity index (χ3n) is 5.16. The summed E-state index contributed by atoms with van der Waals surface area (Å²) in [5.41, 5.74) is 3.22. The zero-order valence-corrected chi connectivity index (χ0v) is 12.3. The highest BCUT2D eigenvalue weighted by molar-refractivity contribution is 5.34. The van der Waals surface area contributed by atoms with E-state index in [1.165, 1.54) is 58.0 Å². The van der Waals surface area contributed by atoms with Crippen LogP contribution in [0.1, 0.15) is 62.6 Å². The fourth-order valence-electron chi connectivity index (χ4n) is 3.96. The third-order valence-corrected chi connectivity index (χ3v) is 5.16. The molecule has 3 rings (SSSR count). The Hall–Kier alpha value is -0.820. The largest absolute Gasteiger partial charge is 0.296 e. The first-order chi connectivity index (χ1) is 9.38. The van der Waals surface area contributed by atoms with E-state index in [0.717, 1.165) is 12.0 Å². The van der Waals surface area contributed by atoms with E-state index in [-0.39, 0.29) is 0 Å². The second kappa shape index (κ2) is 6.09. The molecule has 1 unspecified atom stereocenters. The number of hydrogen-bond acceptors (Lipinski definition) is 1. The Bertz CT molecular complexity index is 404. The Morgan fingerprint density at radius 3 is 2.68 bits per heavy atom. The van der Waals surface area contributed by atoms with Crippen LogP contribution in [0.3, 0.4) is 0 Å². The van der Waals surface area contributed by atoms with Gasteiger partial charge in [-0.25, -0.2) is 0 Å². The summed E-state index contributed by atoms with van der Waals surface area (Å²) < 4.78 is 0. The van der Waals surface area contributed by atoms with Gasteiger partial charge in [0, 0.05) is 6.04 Å². The van der Waals surface area contributed by atoms with Gasteiger partial charge in [0.25, 0.3) is 0 Å². The lowest BCUT2D eigenvalue weighted by atomic mass is 9.90. The van der Waals surface area contributed by atoms with E-state index in [2.05, 4.69) is 36.1 Å². The first kappa shape index (κ1) is 13.2. The normalized spacial score (nSPS) is 24.6. The molecule has 0 aromatic heterocycles. The molecule has 0 amide bonds. The van der Waals surface area contributed by atoms with Gasteiger partial charge in [-0.05, 0) is 55.8 Å². The van der Waals surface area contributed by atoms with E-state index >= 15 is 0 Å². The SMILES string of the molecule is CCCCC1CCN(C2CCc3ccccc32)CC1. The molecule has 104 valence electrons. The molecule has 1 aromatic rings. The predicted octanol–water partition coefficient (Wildman–Crippen LogP) is 4.58. The summed E-state index contributed by atoms with van der Waals surface area (Å²) >= 11 is 0. The Labute approximate surface area is 118 Å². The number of piperidine rings is 1. The molecule has 0 bridgehead atoms. The number of rotatable bonds is 4. The molecule has 0 spiro atoms. The van der Waals surface area contributed by atoms with Gasteiger partial charge in [-0.2, -0.15) is 0 Å². The average molecular weight is 257 g/mol. The molecule has 0 radical (unpaired) electrons. The van der Waals surface area contributed by atoms with E-state index in [0.29, 0.717) is 0 Å². The molecule has 2 aliphatic rings. The molecule has 1 fully saturated rings. The van der Waals surface area contributed by atoms with Crippen molar-refractivity contribution in [3.63, 3.8) is 0 Å². The molecule has 1 heterocycles. The smallest absolute Gasteiger partial charge is 0.0354 e. The van der Waals surface area contributed by atoms with Gasteiger partial charge < -0.3 is 0 Å². The molecule has 19 heavy (non-hydrogen) atoms. The van der Waals surface area contributed by atoms with Crippen LogP contribution in [0.4, 0.5) is 0 Å². The molecular formula is C18H27N. The maximum atomic E-state index is 2.76. The second-order valence-corrected chi connectivity index (χ2v) is 6.37. The minimum Gasteiger partial charge on any atom is -0.296 e. The van der Waals surface area contributed by atoms with Gasteiger partial charge >= 0.3 is 0 Å². The van der Waals surface area contributed by atoms with Crippen molar-refractivity contribution in [2.75, 3.05) is 13.1 Å². The van der Waals surface area contributed by atoms with Crippen LogP contribution in [0.5, 0.6) is 0 Å². The standard InChI is InChI=1S/C18H27N/c1-2-3-6-15-11-13-19(14-12-15)18-10-9-16-7-4-5-8-17(16)18/h4-5,7-8,15,18H,2-3,6,9-14H2,1H3. The number of aryl methyl sites for hydroxylation is 1. The first-order valence-electron chi connectivity index (χ1n) is 8.20. The van der Waals surface area contributed by atoms with Crippen molar-refractivity contribution >= 4 is 0 Å². The number of nitrogens with zero attached hydrogens (tertiary/aromatic N) is 1. The van der Waals surface area contributed by atoms with E-state index in [4.69, 9.17) is 0 Å². The molecule has 0 N–H and O–H groups in total. The molecule has 1 aliphatic carbocycles. The van der Waals surface area contributed by atoms with Crippen LogP contribution < -0.4 is 0 Å². The van der Waals surface area contributed by atoms with Gasteiger partial charge in [-0.3, -0.25) is 4.90 Å². The minimum absolute atomic E-state index is 0.725. The highest BCUT2D eigenvalue weighted by Gasteiger charge is 2.30. The van der Waals surface area contributed by atoms with Crippen LogP contribution in [0.25, 0.3) is 0 Å². The van der Waals surface area contributed by atoms with Crippen molar-refractivity contribution in [3.8, 4) is 0 Å². The van der Waals surface area contributed by atoms with Crippen molar-refractivity contribution in [2.45, 2.75) is 57.9 Å². The van der Waals surface area contributed by atoms with Crippen molar-refractivity contribution in [2.24, 2.45) is 5.92 Å². The first-order valence-corrected chi connectivity index (χ1v) is 8.20. The van der Waals surface area contributed by atoms with Crippen LogP contribution in [0.15, 0.2) is 24.3 Å². The van der Waals surface area contributed by atoms with Gasteiger partial charge in [0.15, 0.2) is 0 Å². The predicted molar refractivity (Wildman–Crippen MR) is 81.3 cm³/mol. The van der Waals surface area contributed by atoms with E-state index in [1.54, 1.807) is 11.1 Å². The molecule has 1 aromatic carbocycles. The maximum absolute atomic E-state index is 2.76. The second-order valence-electron chi connectivity index (χ2n) is 6.37. The number of fused-ring (bicyclic) bond motifs is 1. The number of unbranched alkanes of at least 4 members (excludes halogenated alkanes) is 1. The fourth-order valence-corrected chi connectivity index (χ4v) is 3.96. The zero-order chi connectivity index (χ0) is 13.1. The summed E-state index contributed by atoms with van der Waals surface area (Å²) in [6, 6.07) is 9.81. The number of hydrogen-bond donors (Lipinski definition) is 0. The van der Waals surface area contributed by atoms with Crippen molar-refractivity contribution in [3.05, 3.63) is 35.4 Å². The van der Waals surface area contributed by atoms with Gasteiger partial charge in [-0.1, -0.05) is 50.5 Å². The number of benzene rings is 1. The molecule has 0 saturated carbocycles. The van der Waals surface area contributed by atoms with Gasteiger partial charge in [0.1, 0.15) is 0 Å². The minimum atomic E-state index is 0.725. The van der Waals surface area contributed by atoms with Crippen LogP contribution in [-0.4, -0.2) is 18.0 Å². The van der Waals surface area contributed by atoms with Gasteiger partial charge in [-0.15, -0.1) is 0 Å². The Balaban J connectivity index is 1.58. The Morgan fingerprint density at radius 1 is 1.11 bits per heavy atom. The number of likely N-dealkylation sites (tertiary alicyclic amines) is 1. The highest BCUT2D eigenvalue weighted by atomic mass is 15.2. The molecule has 1 heteroatoms. The topological polar surface area (TPSA) is 3.24 Å². The van der Waals surface area contributed by atoms with Crippen LogP contribution >= 0.6 is 0 Å². The van der Waals surface area contributed by atoms with E-state index in [9.17, 15) is 0 Å². The Morgan fingerprint density at radius 2 is 1.89 bits per heavy atom. The van der Waals surface area contributed by atoms with Gasteiger partial charge in [0.2, 0.25) is 0 Å². The molecule has 1 aliphatic heterocycles. The van der Waals surface area contributed by atoms with E-state index in [1.807, 2.05) is 0 Å². The summed E-state index contributed by atoms with van der Waals surface area (Å²) in [4.78, 5) is 2.76. The van der Waals surface area contributed by atoms with Crippen molar-refractivity contribution < 1.29 is 0 Å². The summed E-state index contributed by atoms with van der Waals surface area (Å²) in [5, 5.41) is 0. The van der Waals surface area contributed by atoms with Gasteiger partial charge in [0.05, 0.1) is 0 Å².